The molecule has 1 aliphatic rings. The van der Waals surface area contributed by atoms with Crippen molar-refractivity contribution in [1.29, 1.82) is 0 Å². The summed E-state index contributed by atoms with van der Waals surface area (Å²) in [4.78, 5) is 0. The quantitative estimate of drug-likeness (QED) is 0.166. The van der Waals surface area contributed by atoms with E-state index >= 15 is 0 Å². The van der Waals surface area contributed by atoms with Gasteiger partial charge in [0, 0.05) is 0 Å². The Morgan fingerprint density at radius 2 is 0.661 bits per heavy atom. The fourth-order valence-corrected chi connectivity index (χ4v) is 10.2. The summed E-state index contributed by atoms with van der Waals surface area (Å²) in [7, 11) is 0. The van der Waals surface area contributed by atoms with E-state index in [2.05, 4.69) is 180 Å². The van der Waals surface area contributed by atoms with Gasteiger partial charge in [0.15, 0.2) is 0 Å². The molecule has 56 heavy (non-hydrogen) atoms. The summed E-state index contributed by atoms with van der Waals surface area (Å²) in [5.74, 6) is 0. The summed E-state index contributed by atoms with van der Waals surface area (Å²) < 4.78 is 0. The summed E-state index contributed by atoms with van der Waals surface area (Å²) in [6.07, 6.45) is 2.26. The molecule has 0 aliphatic heterocycles. The van der Waals surface area contributed by atoms with Gasteiger partial charge in [0.2, 0.25) is 0 Å². The third kappa shape index (κ3) is 5.03. The van der Waals surface area contributed by atoms with Crippen LogP contribution in [0.3, 0.4) is 0 Å². The maximum Gasteiger partial charge on any atom is -0.000718 e. The zero-order valence-electron chi connectivity index (χ0n) is 35.7. The maximum absolute atomic E-state index is 2.55. The molecule has 0 aromatic heterocycles. The highest BCUT2D eigenvalue weighted by Crippen LogP contribution is 2.57. The van der Waals surface area contributed by atoms with Crippen molar-refractivity contribution in [2.45, 2.75) is 118 Å². The molecule has 0 heterocycles. The molecule has 0 unspecified atom stereocenters. The predicted molar refractivity (Wildman–Crippen MR) is 247 cm³/mol. The van der Waals surface area contributed by atoms with Crippen molar-refractivity contribution in [1.82, 2.24) is 0 Å². The van der Waals surface area contributed by atoms with Crippen LogP contribution in [-0.2, 0) is 34.5 Å². The van der Waals surface area contributed by atoms with Gasteiger partial charge in [0.1, 0.15) is 0 Å². The average Bonchev–Trinajstić information content (AvgIpc) is 3.80. The second-order valence-corrected chi connectivity index (χ2v) is 21.4. The smallest absolute Gasteiger partial charge is 0.000718 e. The lowest BCUT2D eigenvalue weighted by atomic mass is 9.76. The molecule has 9 aromatic rings. The summed E-state index contributed by atoms with van der Waals surface area (Å²) >= 11 is 0. The van der Waals surface area contributed by atoms with E-state index in [1.165, 1.54) is 120 Å². The molecular weight excluding hydrogens is 673 g/mol. The van der Waals surface area contributed by atoms with Crippen molar-refractivity contribution in [2.24, 2.45) is 0 Å². The summed E-state index contributed by atoms with van der Waals surface area (Å²) in [5, 5.41) is 16.8. The molecule has 1 aliphatic carbocycles. The van der Waals surface area contributed by atoms with Gasteiger partial charge in [-0.25, -0.2) is 0 Å². The minimum atomic E-state index is -0.00639. The molecule has 0 spiro atoms. The predicted octanol–water partition coefficient (Wildman–Crippen LogP) is 16.1. The van der Waals surface area contributed by atoms with E-state index in [0.717, 1.165) is 12.8 Å². The highest BCUT2D eigenvalue weighted by atomic mass is 14.3. The average molecular weight is 729 g/mol. The number of benzene rings is 7. The topological polar surface area (TPSA) is 0 Å². The van der Waals surface area contributed by atoms with Crippen LogP contribution in [-0.4, -0.2) is 0 Å². The first-order chi connectivity index (χ1) is 26.3. The number of aryl methyl sites for hydroxylation is 2. The van der Waals surface area contributed by atoms with Crippen LogP contribution in [0.1, 0.15) is 116 Å². The van der Waals surface area contributed by atoms with Crippen LogP contribution >= 0.6 is 0 Å². The largest absolute Gasteiger partial charge is 0.0610 e. The van der Waals surface area contributed by atoms with Crippen LogP contribution in [0.4, 0.5) is 0 Å². The Labute approximate surface area is 333 Å². The fourth-order valence-electron chi connectivity index (χ4n) is 10.2. The first-order valence-corrected chi connectivity index (χ1v) is 21.0. The van der Waals surface area contributed by atoms with Crippen LogP contribution in [0, 0.1) is 0 Å². The summed E-state index contributed by atoms with van der Waals surface area (Å²) in [6, 6.07) is 39.1. The first kappa shape index (κ1) is 35.5. The minimum absolute atomic E-state index is 0.00639. The van der Waals surface area contributed by atoms with E-state index in [0.29, 0.717) is 0 Å². The number of fused-ring (bicyclic) bond motifs is 6. The highest BCUT2D eigenvalue weighted by Gasteiger charge is 2.32. The molecule has 0 N–H and O–H groups in total. The van der Waals surface area contributed by atoms with Gasteiger partial charge in [0.05, 0.1) is 0 Å². The van der Waals surface area contributed by atoms with E-state index in [1.807, 2.05) is 0 Å². The van der Waals surface area contributed by atoms with Crippen molar-refractivity contribution < 1.29 is 0 Å². The van der Waals surface area contributed by atoms with Gasteiger partial charge in [-0.3, -0.25) is 0 Å². The number of rotatable bonds is 2. The van der Waals surface area contributed by atoms with Gasteiger partial charge >= 0.3 is 0 Å². The van der Waals surface area contributed by atoms with Crippen molar-refractivity contribution >= 4 is 64.6 Å². The standard InChI is InChI=1S/C56H56/c1-53(2,3)36-25-34(26-37(29-36)54(4,5)6)46-49-40-17-13-15-31-16-14-18-41(45(31)40)50(49)47(35-27-38(55(7,8)9)30-39(28-35)56(10,11)12)52-43-24-22-33-20-19-32-21-23-42(51(46)52)48(43)44(32)33/h13-18,21-30H,19-20H2,1-12H3. The van der Waals surface area contributed by atoms with Crippen molar-refractivity contribution in [3.8, 4) is 22.3 Å². The molecule has 0 heteroatoms. The molecule has 10 rings (SSSR count). The second-order valence-electron chi connectivity index (χ2n) is 21.4. The molecule has 0 saturated heterocycles. The monoisotopic (exact) mass is 728 g/mol. The normalized spacial score (nSPS) is 14.3. The molecular formula is C56H56. The van der Waals surface area contributed by atoms with Crippen molar-refractivity contribution in [3.63, 3.8) is 0 Å². The number of hydrogen-bond acceptors (Lipinski definition) is 0. The Morgan fingerprint density at radius 3 is 1.00 bits per heavy atom. The molecule has 0 fully saturated rings. The van der Waals surface area contributed by atoms with Gasteiger partial charge in [-0.15, -0.1) is 0 Å². The van der Waals surface area contributed by atoms with Crippen molar-refractivity contribution in [2.75, 3.05) is 0 Å². The SMILES string of the molecule is CC(C)(C)c1cc(-c2c3c4cccc5cccc(c3c(-c3cc(C(C)(C)C)cc(C(C)(C)C)c3)c3c6ccc7c8c(ccc(c23)c86)CC7)c54)cc(C(C)(C)C)c1. The van der Waals surface area contributed by atoms with Gasteiger partial charge in [-0.1, -0.05) is 180 Å². The molecule has 0 atom stereocenters. The lowest BCUT2D eigenvalue weighted by Gasteiger charge is -2.28. The Bertz CT molecular complexity index is 2820. The zero-order chi connectivity index (χ0) is 39.4. The Morgan fingerprint density at radius 1 is 0.321 bits per heavy atom. The lowest BCUT2D eigenvalue weighted by Crippen LogP contribution is -2.16. The maximum atomic E-state index is 2.55. The zero-order valence-corrected chi connectivity index (χ0v) is 35.7. The Balaban J connectivity index is 1.55. The summed E-state index contributed by atoms with van der Waals surface area (Å²) in [6.45, 7) is 28.5. The Hall–Kier alpha value is -4.94. The van der Waals surface area contributed by atoms with Gasteiger partial charge in [-0.2, -0.15) is 0 Å². The lowest BCUT2D eigenvalue weighted by molar-refractivity contribution is 0.568. The third-order valence-corrected chi connectivity index (χ3v) is 13.4. The van der Waals surface area contributed by atoms with Gasteiger partial charge < -0.3 is 0 Å². The third-order valence-electron chi connectivity index (χ3n) is 13.4. The molecule has 0 saturated carbocycles. The van der Waals surface area contributed by atoms with E-state index in [9.17, 15) is 0 Å². The summed E-state index contributed by atoms with van der Waals surface area (Å²) in [5.41, 5.74) is 14.0. The van der Waals surface area contributed by atoms with Crippen LogP contribution in [0.2, 0.25) is 0 Å². The molecule has 0 amide bonds. The van der Waals surface area contributed by atoms with Crippen LogP contribution in [0.15, 0.2) is 97.1 Å². The first-order valence-electron chi connectivity index (χ1n) is 21.0. The number of hydrogen-bond donors (Lipinski definition) is 0. The molecule has 0 radical (unpaired) electrons. The van der Waals surface area contributed by atoms with E-state index in [1.54, 1.807) is 0 Å². The van der Waals surface area contributed by atoms with E-state index < -0.39 is 0 Å². The van der Waals surface area contributed by atoms with Crippen LogP contribution < -0.4 is 0 Å². The second kappa shape index (κ2) is 11.3. The molecule has 0 nitrogen and oxygen atoms in total. The molecule has 9 aromatic carbocycles. The van der Waals surface area contributed by atoms with Crippen molar-refractivity contribution in [3.05, 3.63) is 130 Å². The molecule has 280 valence electrons. The van der Waals surface area contributed by atoms with Crippen LogP contribution in [0.25, 0.3) is 86.9 Å². The Kier molecular flexibility index (Phi) is 7.19. The van der Waals surface area contributed by atoms with E-state index in [4.69, 9.17) is 0 Å². The van der Waals surface area contributed by atoms with Gasteiger partial charge in [0.25, 0.3) is 0 Å². The van der Waals surface area contributed by atoms with Gasteiger partial charge in [-0.05, 0) is 155 Å². The fraction of sp³-hybridized carbons (Fsp3) is 0.321. The highest BCUT2D eigenvalue weighted by molar-refractivity contribution is 6.46. The van der Waals surface area contributed by atoms with Crippen LogP contribution in [0.5, 0.6) is 0 Å². The van der Waals surface area contributed by atoms with E-state index in [-0.39, 0.29) is 21.7 Å². The molecule has 0 bridgehead atoms. The minimum Gasteiger partial charge on any atom is -0.0610 e.